The maximum absolute atomic E-state index is 11.0. The normalized spacial score (nSPS) is 24.7. The summed E-state index contributed by atoms with van der Waals surface area (Å²) in [5, 5.41) is 31.8. The number of aliphatic hydroxyl groups is 3. The first-order valence-electron chi connectivity index (χ1n) is 13.4. The zero-order valence-electron chi connectivity index (χ0n) is 21.2. The second kappa shape index (κ2) is 13.9. The van der Waals surface area contributed by atoms with Crippen molar-refractivity contribution in [3.05, 3.63) is 30.7 Å². The minimum Gasteiger partial charge on any atom is -0.394 e. The second-order valence-corrected chi connectivity index (χ2v) is 9.80. The smallest absolute Gasteiger partial charge is 0.178 e. The number of nitrogens with zero attached hydrogens (tertiary/aromatic N) is 3. The summed E-state index contributed by atoms with van der Waals surface area (Å²) < 4.78 is 7.79. The van der Waals surface area contributed by atoms with Gasteiger partial charge in [0.2, 0.25) is 0 Å². The summed E-state index contributed by atoms with van der Waals surface area (Å²) in [5.74, 6) is 0.336. The molecule has 3 heterocycles. The summed E-state index contributed by atoms with van der Waals surface area (Å²) in [4.78, 5) is 8.36. The third kappa shape index (κ3) is 6.82. The van der Waals surface area contributed by atoms with Gasteiger partial charge in [-0.3, -0.25) is 0 Å². The van der Waals surface area contributed by atoms with Gasteiger partial charge in [-0.1, -0.05) is 83.3 Å². The molecule has 0 aliphatic carbocycles. The highest BCUT2D eigenvalue weighted by atomic mass is 16.6. The molecule has 0 unspecified atom stereocenters. The maximum Gasteiger partial charge on any atom is 0.178 e. The molecular formula is C27H44N4O4. The number of aromatic nitrogens is 3. The van der Waals surface area contributed by atoms with E-state index < -0.39 is 30.6 Å². The van der Waals surface area contributed by atoms with Gasteiger partial charge < -0.3 is 30.4 Å². The maximum atomic E-state index is 11.0. The molecule has 1 aliphatic rings. The van der Waals surface area contributed by atoms with Crippen LogP contribution in [0.4, 0.5) is 5.82 Å². The van der Waals surface area contributed by atoms with Gasteiger partial charge >= 0.3 is 0 Å². The zero-order valence-corrected chi connectivity index (χ0v) is 21.2. The van der Waals surface area contributed by atoms with E-state index in [0.717, 1.165) is 12.8 Å². The second-order valence-electron chi connectivity index (χ2n) is 9.80. The molecule has 3 rings (SSSR count). The van der Waals surface area contributed by atoms with Crippen molar-refractivity contribution in [1.29, 1.82) is 0 Å². The van der Waals surface area contributed by atoms with Gasteiger partial charge in [0.1, 0.15) is 36.1 Å². The fourth-order valence-electron chi connectivity index (χ4n) is 5.06. The molecule has 1 aliphatic heterocycles. The lowest BCUT2D eigenvalue weighted by atomic mass is 9.98. The van der Waals surface area contributed by atoms with Crippen LogP contribution in [0.3, 0.4) is 0 Å². The molecule has 0 saturated carbocycles. The van der Waals surface area contributed by atoms with E-state index >= 15 is 0 Å². The Hall–Kier alpha value is -2.00. The minimum absolute atomic E-state index is 0.327. The zero-order chi connectivity index (χ0) is 25.1. The molecule has 4 atom stereocenters. The Morgan fingerprint density at radius 3 is 2.29 bits per heavy atom. The van der Waals surface area contributed by atoms with Gasteiger partial charge in [-0.25, -0.2) is 9.97 Å². The fraction of sp³-hybridized carbons (Fsp3) is 0.704. The highest BCUT2D eigenvalue weighted by molar-refractivity contribution is 5.86. The summed E-state index contributed by atoms with van der Waals surface area (Å²) in [5.41, 5.74) is 5.21. The van der Waals surface area contributed by atoms with Gasteiger partial charge in [-0.2, -0.15) is 0 Å². The Morgan fingerprint density at radius 2 is 1.66 bits per heavy atom. The van der Waals surface area contributed by atoms with Crippen LogP contribution in [-0.4, -0.2) is 54.8 Å². The van der Waals surface area contributed by atoms with Crippen LogP contribution >= 0.6 is 0 Å². The third-order valence-electron chi connectivity index (χ3n) is 7.17. The van der Waals surface area contributed by atoms with Crippen LogP contribution in [-0.2, 0) is 10.5 Å². The van der Waals surface area contributed by atoms with Gasteiger partial charge in [0, 0.05) is 12.6 Å². The molecule has 2 aromatic heterocycles. The van der Waals surface area contributed by atoms with Crippen LogP contribution in [0.2, 0.25) is 0 Å². The van der Waals surface area contributed by atoms with Crippen LogP contribution in [0, 0.1) is 0 Å². The van der Waals surface area contributed by atoms with Crippen molar-refractivity contribution in [1.82, 2.24) is 14.5 Å². The van der Waals surface area contributed by atoms with Crippen molar-refractivity contribution in [2.45, 2.75) is 114 Å². The Bertz CT molecular complexity index is 918. The van der Waals surface area contributed by atoms with Crippen LogP contribution in [0.1, 0.15) is 90.4 Å². The quantitative estimate of drug-likeness (QED) is 0.203. The Kier molecular flexibility index (Phi) is 11.0. The summed E-state index contributed by atoms with van der Waals surface area (Å²) in [6.07, 6.45) is 19.6. The molecule has 35 heavy (non-hydrogen) atoms. The Morgan fingerprint density at radius 1 is 1.00 bits per heavy atom. The van der Waals surface area contributed by atoms with E-state index in [1.165, 1.54) is 70.5 Å². The molecule has 0 aromatic carbocycles. The first-order chi connectivity index (χ1) is 17.0. The Balaban J connectivity index is 1.50. The predicted octanol–water partition coefficient (Wildman–Crippen LogP) is 4.43. The van der Waals surface area contributed by atoms with Crippen molar-refractivity contribution < 1.29 is 20.1 Å². The lowest BCUT2D eigenvalue weighted by molar-refractivity contribution is -0.143. The number of hydrogen-bond donors (Lipinski definition) is 4. The van der Waals surface area contributed by atoms with E-state index in [4.69, 9.17) is 10.5 Å². The van der Waals surface area contributed by atoms with E-state index in [9.17, 15) is 15.3 Å². The van der Waals surface area contributed by atoms with Crippen LogP contribution in [0.5, 0.6) is 0 Å². The number of ether oxygens (including phenoxy) is 1. The first kappa shape index (κ1) is 27.6. The number of rotatable bonds is 16. The van der Waals surface area contributed by atoms with Gasteiger partial charge in [0.25, 0.3) is 0 Å². The number of hydrogen-bond acceptors (Lipinski definition) is 7. The lowest BCUT2D eigenvalue weighted by Crippen LogP contribution is -2.45. The van der Waals surface area contributed by atoms with Gasteiger partial charge in [-0.05, 0) is 18.9 Å². The third-order valence-corrected chi connectivity index (χ3v) is 7.17. The van der Waals surface area contributed by atoms with Gasteiger partial charge in [-0.15, -0.1) is 0 Å². The lowest BCUT2D eigenvalue weighted by Gasteiger charge is -2.33. The summed E-state index contributed by atoms with van der Waals surface area (Å²) in [6, 6.07) is 1.77. The number of nitrogen functional groups attached to an aromatic ring is 1. The monoisotopic (exact) mass is 488 g/mol. The van der Waals surface area contributed by atoms with Crippen molar-refractivity contribution in [2.24, 2.45) is 0 Å². The molecule has 1 saturated heterocycles. The predicted molar refractivity (Wildman–Crippen MR) is 139 cm³/mol. The molecular weight excluding hydrogens is 444 g/mol. The number of anilines is 1. The van der Waals surface area contributed by atoms with Gasteiger partial charge in [0.05, 0.1) is 12.0 Å². The minimum atomic E-state index is -1.29. The number of fused-ring (bicyclic) bond motifs is 1. The van der Waals surface area contributed by atoms with Crippen molar-refractivity contribution >= 4 is 16.9 Å². The van der Waals surface area contributed by atoms with Crippen LogP contribution in [0.25, 0.3) is 11.0 Å². The average Bonchev–Trinajstić information content (AvgIpc) is 3.40. The average molecular weight is 489 g/mol. The summed E-state index contributed by atoms with van der Waals surface area (Å²) in [6.45, 7) is 1.87. The fourth-order valence-corrected chi connectivity index (χ4v) is 5.06. The van der Waals surface area contributed by atoms with Crippen molar-refractivity contribution in [2.75, 3.05) is 12.3 Å². The van der Waals surface area contributed by atoms with Crippen LogP contribution < -0.4 is 5.73 Å². The molecule has 0 amide bonds. The molecule has 1 fully saturated rings. The number of aliphatic hydroxyl groups excluding tert-OH is 3. The highest BCUT2D eigenvalue weighted by Crippen LogP contribution is 2.41. The van der Waals surface area contributed by atoms with E-state index in [2.05, 4.69) is 23.0 Å². The molecule has 8 nitrogen and oxygen atoms in total. The summed E-state index contributed by atoms with van der Waals surface area (Å²) >= 11 is 0. The van der Waals surface area contributed by atoms with Crippen LogP contribution in [0.15, 0.2) is 30.7 Å². The molecule has 0 bridgehead atoms. The van der Waals surface area contributed by atoms with E-state index in [1.807, 2.05) is 6.08 Å². The standard InChI is InChI=1S/C27H44N4O4/c1-2-3-4-5-6-7-8-9-10-11-12-13-14-15-17-27(24(34)23(33)22(19-32)35-27)31-18-16-21-25(28)29-20-30-26(21)31/h14-16,18,20,22-24,32-34H,2-13,17,19H2,1H3,(H2,28,29,30)/b15-14+/t22-,23-,24-,27+/m1/s1. The number of nitrogens with two attached hydrogens (primary N) is 1. The number of unbranched alkanes of at least 4 members (excludes halogenated alkanes) is 11. The topological polar surface area (TPSA) is 127 Å². The number of allylic oxidation sites excluding steroid dienone is 1. The molecule has 196 valence electrons. The largest absolute Gasteiger partial charge is 0.394 e. The summed E-state index contributed by atoms with van der Waals surface area (Å²) in [7, 11) is 0. The molecule has 0 spiro atoms. The van der Waals surface area contributed by atoms with E-state index in [-0.39, 0.29) is 0 Å². The Labute approximate surface area is 209 Å². The highest BCUT2D eigenvalue weighted by Gasteiger charge is 2.55. The van der Waals surface area contributed by atoms with E-state index in [1.54, 1.807) is 16.8 Å². The molecule has 8 heteroatoms. The molecule has 0 radical (unpaired) electrons. The molecule has 2 aromatic rings. The first-order valence-corrected chi connectivity index (χ1v) is 13.4. The van der Waals surface area contributed by atoms with E-state index in [0.29, 0.717) is 23.3 Å². The molecule has 5 N–H and O–H groups in total. The van der Waals surface area contributed by atoms with Gasteiger partial charge in [0.15, 0.2) is 5.72 Å². The SMILES string of the molecule is CCCCCCCCCCCCC/C=C/C[C@]1(n2ccc3c(N)ncnc32)O[C@H](CO)[C@@H](O)[C@H]1O. The van der Waals surface area contributed by atoms with Crippen molar-refractivity contribution in [3.8, 4) is 0 Å². The van der Waals surface area contributed by atoms with Crippen molar-refractivity contribution in [3.63, 3.8) is 0 Å².